The number of benzene rings is 2. The van der Waals surface area contributed by atoms with Gasteiger partial charge in [0.1, 0.15) is 40.5 Å². The third-order valence-corrected chi connectivity index (χ3v) is 4.87. The van der Waals surface area contributed by atoms with Crippen molar-refractivity contribution in [3.05, 3.63) is 71.1 Å². The average molecular weight is 595 g/mol. The second-order valence-corrected chi connectivity index (χ2v) is 8.07. The van der Waals surface area contributed by atoms with E-state index in [1.165, 1.54) is 7.05 Å². The highest BCUT2D eigenvalue weighted by Gasteiger charge is 2.38. The number of halogens is 8. The highest BCUT2D eigenvalue weighted by atomic mass is 19.4. The molecule has 0 fully saturated rings. The van der Waals surface area contributed by atoms with Crippen LogP contribution in [-0.4, -0.2) is 59.0 Å². The molecule has 6 radical (unpaired) electrons. The van der Waals surface area contributed by atoms with E-state index >= 15 is 4.39 Å². The Bertz CT molecular complexity index is 1500. The lowest BCUT2D eigenvalue weighted by molar-refractivity contribution is -0.275. The fourth-order valence-electron chi connectivity index (χ4n) is 3.19. The predicted octanol–water partition coefficient (Wildman–Crippen LogP) is 4.18. The predicted molar refractivity (Wildman–Crippen MR) is 131 cm³/mol. The number of hydrogen-bond acceptors (Lipinski definition) is 6. The van der Waals surface area contributed by atoms with Crippen LogP contribution in [-0.2, 0) is 6.18 Å². The number of hydrogen-bond donors (Lipinski definition) is 2. The summed E-state index contributed by atoms with van der Waals surface area (Å²) in [6.45, 7) is 0. The number of alkyl halides is 6. The van der Waals surface area contributed by atoms with E-state index in [0.29, 0.717) is 18.2 Å². The molecule has 3 aromatic rings. The molecule has 0 saturated carbocycles. The lowest BCUT2D eigenvalue weighted by Crippen LogP contribution is -2.38. The van der Waals surface area contributed by atoms with Crippen LogP contribution in [0.25, 0.3) is 0 Å². The van der Waals surface area contributed by atoms with E-state index in [9.17, 15) is 40.3 Å². The number of aromatic nitrogens is 1. The Hall–Kier alpha value is -4.44. The summed E-state index contributed by atoms with van der Waals surface area (Å²) in [6.07, 6.45) is -9.76. The minimum atomic E-state index is -5.39. The highest BCUT2D eigenvalue weighted by molar-refractivity contribution is 6.58. The topological polar surface area (TPSA) is 98.8 Å². The van der Waals surface area contributed by atoms with Gasteiger partial charge in [0.2, 0.25) is 5.82 Å². The van der Waals surface area contributed by atoms with Gasteiger partial charge in [-0.1, -0.05) is 0 Å². The molecule has 42 heavy (non-hydrogen) atoms. The molecule has 1 aromatic heterocycles. The van der Waals surface area contributed by atoms with Gasteiger partial charge in [-0.3, -0.25) is 9.59 Å². The maximum atomic E-state index is 15.2. The summed E-state index contributed by atoms with van der Waals surface area (Å²) in [5.41, 5.74) is -3.61. The number of carbonyl (C=O) groups is 2. The molecule has 2 amide bonds. The van der Waals surface area contributed by atoms with Gasteiger partial charge in [-0.2, -0.15) is 17.6 Å². The van der Waals surface area contributed by atoms with E-state index in [1.807, 2.05) is 0 Å². The number of pyridine rings is 1. The fourth-order valence-corrected chi connectivity index (χ4v) is 3.19. The highest BCUT2D eigenvalue weighted by Crippen LogP contribution is 2.43. The van der Waals surface area contributed by atoms with Crippen molar-refractivity contribution in [2.75, 3.05) is 12.4 Å². The second kappa shape index (κ2) is 11.8. The van der Waals surface area contributed by atoms with Gasteiger partial charge in [0, 0.05) is 7.05 Å². The molecule has 214 valence electrons. The lowest BCUT2D eigenvalue weighted by atomic mass is 9.52. The Morgan fingerprint density at radius 1 is 0.810 bits per heavy atom. The van der Waals surface area contributed by atoms with Gasteiger partial charge in [-0.15, -0.1) is 13.2 Å². The number of nitrogens with zero attached hydrogens (tertiary/aromatic N) is 1. The minimum absolute atomic E-state index is 0.104. The third kappa shape index (κ3) is 7.85. The fraction of sp³-hybridized carbons (Fsp3) is 0.174. The first kappa shape index (κ1) is 32.1. The molecule has 0 atom stereocenters. The van der Waals surface area contributed by atoms with Crippen LogP contribution in [0.3, 0.4) is 0 Å². The van der Waals surface area contributed by atoms with Crippen LogP contribution >= 0.6 is 0 Å². The largest absolute Gasteiger partial charge is 0.573 e. The summed E-state index contributed by atoms with van der Waals surface area (Å²) < 4.78 is 122. The Labute approximate surface area is 234 Å². The maximum Gasteiger partial charge on any atom is 0.573 e. The summed E-state index contributed by atoms with van der Waals surface area (Å²) >= 11 is 0. The van der Waals surface area contributed by atoms with Gasteiger partial charge in [-0.05, 0) is 41.7 Å². The molecule has 2 N–H and O–H groups in total. The number of carbonyl (C=O) groups excluding carboxylic acids is 2. The molecule has 0 unspecified atom stereocenters. The summed E-state index contributed by atoms with van der Waals surface area (Å²) in [6, 6.07) is 3.82. The molecular formula is C23H12B3F8N3O5. The van der Waals surface area contributed by atoms with E-state index in [0.717, 1.165) is 18.3 Å². The maximum absolute atomic E-state index is 15.2. The van der Waals surface area contributed by atoms with Crippen LogP contribution in [0.5, 0.6) is 23.0 Å². The van der Waals surface area contributed by atoms with Crippen molar-refractivity contribution < 1.29 is 58.9 Å². The molecule has 2 aromatic carbocycles. The SMILES string of the molecule is [B]C([B])([B])Oc1c(Oc2ccc(C(F)(F)F)c(F)c2C(=O)Nc2ccc(C(=O)NC)nc2)ccc(OC(F)(F)F)c1F. The zero-order valence-electron chi connectivity index (χ0n) is 20.8. The van der Waals surface area contributed by atoms with Crippen LogP contribution in [0.15, 0.2) is 42.6 Å². The van der Waals surface area contributed by atoms with Crippen LogP contribution in [0.2, 0.25) is 0 Å². The molecule has 0 aliphatic rings. The standard InChI is InChI=1S/C23H12B3F8N3O5/c1-35-19(38)11-4-2-9(8-36-11)37-20(39)15-12(5-3-10(16(15)27)21(29,30)31)40-14-7-6-13(41-23(32,33)34)17(28)18(14)42-22(24,25)26/h2-8H,1H3,(H,35,38)(H,37,39). The van der Waals surface area contributed by atoms with Crippen LogP contribution in [0.1, 0.15) is 26.4 Å². The zero-order chi connectivity index (χ0) is 31.6. The van der Waals surface area contributed by atoms with Crippen molar-refractivity contribution in [2.45, 2.75) is 17.8 Å². The monoisotopic (exact) mass is 595 g/mol. The van der Waals surface area contributed by atoms with Crippen LogP contribution in [0, 0.1) is 11.6 Å². The molecular weight excluding hydrogens is 583 g/mol. The van der Waals surface area contributed by atoms with Gasteiger partial charge >= 0.3 is 12.5 Å². The summed E-state index contributed by atoms with van der Waals surface area (Å²) in [5, 5.41) is 1.58. The quantitative estimate of drug-likeness (QED) is 0.300. The first-order valence-electron chi connectivity index (χ1n) is 11.0. The molecule has 8 nitrogen and oxygen atoms in total. The lowest BCUT2D eigenvalue weighted by Gasteiger charge is -2.26. The Morgan fingerprint density at radius 3 is 1.95 bits per heavy atom. The number of anilines is 1. The molecule has 0 spiro atoms. The van der Waals surface area contributed by atoms with Crippen molar-refractivity contribution >= 4 is 41.0 Å². The Balaban J connectivity index is 2.12. The van der Waals surface area contributed by atoms with Gasteiger partial charge in [0.25, 0.3) is 11.8 Å². The van der Waals surface area contributed by atoms with E-state index < -0.39 is 75.4 Å². The number of amides is 2. The molecule has 0 aliphatic heterocycles. The second-order valence-electron chi connectivity index (χ2n) is 8.07. The molecule has 0 saturated heterocycles. The minimum Gasteiger partial charge on any atom is -0.510 e. The van der Waals surface area contributed by atoms with Crippen molar-refractivity contribution in [1.29, 1.82) is 0 Å². The molecule has 1 heterocycles. The van der Waals surface area contributed by atoms with Gasteiger partial charge in [0.05, 0.1) is 17.4 Å². The molecule has 0 aliphatic carbocycles. The van der Waals surface area contributed by atoms with Crippen molar-refractivity contribution in [2.24, 2.45) is 0 Å². The van der Waals surface area contributed by atoms with E-state index in [1.54, 1.807) is 0 Å². The number of ether oxygens (including phenoxy) is 3. The van der Waals surface area contributed by atoms with Crippen molar-refractivity contribution in [3.8, 4) is 23.0 Å². The molecule has 3 rings (SSSR count). The van der Waals surface area contributed by atoms with Crippen LogP contribution < -0.4 is 24.8 Å². The zero-order valence-corrected chi connectivity index (χ0v) is 20.8. The van der Waals surface area contributed by atoms with Crippen molar-refractivity contribution in [3.63, 3.8) is 0 Å². The van der Waals surface area contributed by atoms with Gasteiger partial charge < -0.3 is 24.8 Å². The van der Waals surface area contributed by atoms with Crippen LogP contribution in [0.4, 0.5) is 40.8 Å². The van der Waals surface area contributed by atoms with E-state index in [-0.39, 0.29) is 17.4 Å². The average Bonchev–Trinajstić information content (AvgIpc) is 2.85. The van der Waals surface area contributed by atoms with E-state index in [2.05, 4.69) is 20.4 Å². The van der Waals surface area contributed by atoms with E-state index in [4.69, 9.17) is 33.0 Å². The normalized spacial score (nSPS) is 11.9. The van der Waals surface area contributed by atoms with Gasteiger partial charge in [0.15, 0.2) is 23.1 Å². The number of rotatable bonds is 8. The summed E-state index contributed by atoms with van der Waals surface area (Å²) in [4.78, 5) is 28.3. The Morgan fingerprint density at radius 2 is 1.43 bits per heavy atom. The smallest absolute Gasteiger partial charge is 0.510 e. The molecule has 0 bridgehead atoms. The summed E-state index contributed by atoms with van der Waals surface area (Å²) in [7, 11) is 17.0. The van der Waals surface area contributed by atoms with Gasteiger partial charge in [-0.25, -0.2) is 9.37 Å². The Kier molecular flexibility index (Phi) is 9.03. The first-order valence-corrected chi connectivity index (χ1v) is 11.0. The third-order valence-electron chi connectivity index (χ3n) is 4.87. The molecule has 19 heteroatoms. The first-order chi connectivity index (χ1) is 19.3. The van der Waals surface area contributed by atoms with Crippen molar-refractivity contribution in [1.82, 2.24) is 10.3 Å². The number of nitrogens with one attached hydrogen (secondary N) is 2. The summed E-state index contributed by atoms with van der Waals surface area (Å²) in [5.74, 6) is -11.0.